The summed E-state index contributed by atoms with van der Waals surface area (Å²) in [6, 6.07) is 15.0. The standard InChI is InChI=1S/C21H13FN4O2S/c22-13-6-4-12(5-7-13)19-25-21(28-26-19)18-17(9-11-29-18)24-20(27)15-2-1-3-16-14(15)8-10-23-16/h1-11,23H,(H,24,27). The number of thiophene rings is 1. The molecule has 0 aliphatic heterocycles. The van der Waals surface area contributed by atoms with Gasteiger partial charge in [-0.1, -0.05) is 11.2 Å². The van der Waals surface area contributed by atoms with Crippen LogP contribution in [-0.2, 0) is 0 Å². The van der Waals surface area contributed by atoms with Crippen LogP contribution in [0.4, 0.5) is 10.1 Å². The fourth-order valence-corrected chi connectivity index (χ4v) is 3.85. The first-order valence-corrected chi connectivity index (χ1v) is 9.62. The van der Waals surface area contributed by atoms with Gasteiger partial charge in [-0.2, -0.15) is 4.98 Å². The molecule has 0 bridgehead atoms. The normalized spacial score (nSPS) is 11.1. The highest BCUT2D eigenvalue weighted by molar-refractivity contribution is 7.14. The SMILES string of the molecule is O=C(Nc1ccsc1-c1nc(-c2ccc(F)cc2)no1)c1cccc2[nH]ccc12. The third kappa shape index (κ3) is 3.19. The fourth-order valence-electron chi connectivity index (χ4n) is 3.08. The van der Waals surface area contributed by atoms with Gasteiger partial charge in [0.25, 0.3) is 11.8 Å². The summed E-state index contributed by atoms with van der Waals surface area (Å²) in [5.41, 5.74) is 2.69. The number of fused-ring (bicyclic) bond motifs is 1. The molecule has 3 heterocycles. The fraction of sp³-hybridized carbons (Fsp3) is 0. The molecule has 0 saturated carbocycles. The van der Waals surface area contributed by atoms with Crippen molar-refractivity contribution in [3.05, 3.63) is 77.6 Å². The number of rotatable bonds is 4. The van der Waals surface area contributed by atoms with Gasteiger partial charge in [-0.3, -0.25) is 4.79 Å². The molecule has 0 spiro atoms. The maximum Gasteiger partial charge on any atom is 0.270 e. The Morgan fingerprint density at radius 3 is 2.83 bits per heavy atom. The molecule has 1 amide bonds. The number of H-pyrrole nitrogens is 1. The molecule has 6 nitrogen and oxygen atoms in total. The first kappa shape index (κ1) is 17.3. The summed E-state index contributed by atoms with van der Waals surface area (Å²) in [7, 11) is 0. The van der Waals surface area contributed by atoms with Gasteiger partial charge in [0.05, 0.1) is 5.69 Å². The van der Waals surface area contributed by atoms with Gasteiger partial charge < -0.3 is 14.8 Å². The molecule has 2 N–H and O–H groups in total. The Bertz CT molecular complexity index is 1320. The Balaban J connectivity index is 1.44. The lowest BCUT2D eigenvalue weighted by Gasteiger charge is -2.06. The second kappa shape index (κ2) is 6.99. The first-order valence-electron chi connectivity index (χ1n) is 8.74. The van der Waals surface area contributed by atoms with Gasteiger partial charge in [0.1, 0.15) is 10.7 Å². The molecule has 0 radical (unpaired) electrons. The number of hydrogen-bond acceptors (Lipinski definition) is 5. The maximum atomic E-state index is 13.1. The van der Waals surface area contributed by atoms with Gasteiger partial charge in [-0.15, -0.1) is 11.3 Å². The van der Waals surface area contributed by atoms with E-state index in [2.05, 4.69) is 20.4 Å². The summed E-state index contributed by atoms with van der Waals surface area (Å²) in [5, 5.41) is 9.57. The zero-order chi connectivity index (χ0) is 19.8. The summed E-state index contributed by atoms with van der Waals surface area (Å²) >= 11 is 1.38. The van der Waals surface area contributed by atoms with Crippen LogP contribution in [0.25, 0.3) is 33.1 Å². The molecule has 0 atom stereocenters. The number of aromatic nitrogens is 3. The minimum Gasteiger partial charge on any atom is -0.361 e. The Labute approximate surface area is 168 Å². The second-order valence-electron chi connectivity index (χ2n) is 6.29. The van der Waals surface area contributed by atoms with Crippen LogP contribution in [0.5, 0.6) is 0 Å². The molecule has 8 heteroatoms. The van der Waals surface area contributed by atoms with Crippen molar-refractivity contribution in [2.24, 2.45) is 0 Å². The van der Waals surface area contributed by atoms with Crippen LogP contribution in [0.2, 0.25) is 0 Å². The summed E-state index contributed by atoms with van der Waals surface area (Å²) in [6.07, 6.45) is 1.80. The van der Waals surface area contributed by atoms with Crippen LogP contribution in [0.3, 0.4) is 0 Å². The van der Waals surface area contributed by atoms with Crippen LogP contribution in [0.15, 0.2) is 70.7 Å². The largest absolute Gasteiger partial charge is 0.361 e. The minimum atomic E-state index is -0.335. The first-order chi connectivity index (χ1) is 14.2. The van der Waals surface area contributed by atoms with Crippen molar-refractivity contribution in [1.29, 1.82) is 0 Å². The number of hydrogen-bond donors (Lipinski definition) is 2. The molecule has 2 aromatic carbocycles. The molecular formula is C21H13FN4O2S. The van der Waals surface area contributed by atoms with Gasteiger partial charge in [-0.05, 0) is 53.9 Å². The van der Waals surface area contributed by atoms with Crippen molar-refractivity contribution in [1.82, 2.24) is 15.1 Å². The molecule has 0 unspecified atom stereocenters. The molecule has 5 aromatic rings. The van der Waals surface area contributed by atoms with E-state index in [0.717, 1.165) is 10.9 Å². The Morgan fingerprint density at radius 1 is 1.10 bits per heavy atom. The summed E-state index contributed by atoms with van der Waals surface area (Å²) in [4.78, 5) is 21.0. The summed E-state index contributed by atoms with van der Waals surface area (Å²) < 4.78 is 18.5. The predicted octanol–water partition coefficient (Wildman–Crippen LogP) is 5.34. The van der Waals surface area contributed by atoms with Crippen molar-refractivity contribution >= 4 is 33.8 Å². The number of carbonyl (C=O) groups is 1. The molecule has 142 valence electrons. The number of benzene rings is 2. The van der Waals surface area contributed by atoms with E-state index in [1.807, 2.05) is 23.6 Å². The maximum absolute atomic E-state index is 13.1. The van der Waals surface area contributed by atoms with Crippen molar-refractivity contribution in [3.8, 4) is 22.2 Å². The van der Waals surface area contributed by atoms with Gasteiger partial charge in [0.15, 0.2) is 0 Å². The van der Waals surface area contributed by atoms with Crippen molar-refractivity contribution in [2.45, 2.75) is 0 Å². The molecule has 5 rings (SSSR count). The van der Waals surface area contributed by atoms with Crippen LogP contribution < -0.4 is 5.32 Å². The van der Waals surface area contributed by atoms with Crippen LogP contribution in [0, 0.1) is 5.82 Å². The molecule has 0 aliphatic rings. The molecule has 3 aromatic heterocycles. The van der Waals surface area contributed by atoms with Gasteiger partial charge >= 0.3 is 0 Å². The van der Waals surface area contributed by atoms with E-state index < -0.39 is 0 Å². The average Bonchev–Trinajstić information content (AvgIpc) is 3.48. The molecule has 0 aliphatic carbocycles. The van der Waals surface area contributed by atoms with Gasteiger partial charge in [-0.25, -0.2) is 4.39 Å². The van der Waals surface area contributed by atoms with E-state index in [-0.39, 0.29) is 17.6 Å². The van der Waals surface area contributed by atoms with Crippen molar-refractivity contribution in [2.75, 3.05) is 5.32 Å². The number of amides is 1. The Kier molecular flexibility index (Phi) is 4.18. The summed E-state index contributed by atoms with van der Waals surface area (Å²) in [6.45, 7) is 0. The van der Waals surface area contributed by atoms with E-state index in [1.54, 1.807) is 30.5 Å². The molecular weight excluding hydrogens is 391 g/mol. The topological polar surface area (TPSA) is 83.8 Å². The quantitative estimate of drug-likeness (QED) is 0.424. The highest BCUT2D eigenvalue weighted by Gasteiger charge is 2.18. The number of aromatic amines is 1. The van der Waals surface area contributed by atoms with Crippen molar-refractivity contribution < 1.29 is 13.7 Å². The second-order valence-corrected chi connectivity index (χ2v) is 7.21. The number of nitrogens with one attached hydrogen (secondary N) is 2. The third-order valence-corrected chi connectivity index (χ3v) is 5.38. The average molecular weight is 404 g/mol. The Morgan fingerprint density at radius 2 is 1.97 bits per heavy atom. The molecule has 0 saturated heterocycles. The van der Waals surface area contributed by atoms with Crippen LogP contribution >= 0.6 is 11.3 Å². The number of carbonyl (C=O) groups excluding carboxylic acids is 1. The zero-order valence-corrected chi connectivity index (χ0v) is 15.7. The lowest BCUT2D eigenvalue weighted by Crippen LogP contribution is -2.12. The smallest absolute Gasteiger partial charge is 0.270 e. The molecule has 29 heavy (non-hydrogen) atoms. The molecule has 0 fully saturated rings. The van der Waals surface area contributed by atoms with E-state index in [4.69, 9.17) is 4.52 Å². The third-order valence-electron chi connectivity index (χ3n) is 4.48. The highest BCUT2D eigenvalue weighted by Crippen LogP contribution is 2.34. The highest BCUT2D eigenvalue weighted by atomic mass is 32.1. The number of halogens is 1. The monoisotopic (exact) mass is 404 g/mol. The van der Waals surface area contributed by atoms with E-state index in [0.29, 0.717) is 27.5 Å². The van der Waals surface area contributed by atoms with Crippen LogP contribution in [-0.4, -0.2) is 21.0 Å². The van der Waals surface area contributed by atoms with Gasteiger partial charge in [0, 0.05) is 28.2 Å². The lowest BCUT2D eigenvalue weighted by atomic mass is 10.1. The predicted molar refractivity (Wildman–Crippen MR) is 109 cm³/mol. The van der Waals surface area contributed by atoms with Gasteiger partial charge in [0.2, 0.25) is 5.82 Å². The van der Waals surface area contributed by atoms with E-state index in [1.165, 1.54) is 23.5 Å². The number of nitrogens with zero attached hydrogens (tertiary/aromatic N) is 2. The van der Waals surface area contributed by atoms with Crippen LogP contribution in [0.1, 0.15) is 10.4 Å². The summed E-state index contributed by atoms with van der Waals surface area (Å²) in [5.74, 6) is 0.0727. The van der Waals surface area contributed by atoms with E-state index in [9.17, 15) is 9.18 Å². The minimum absolute atomic E-state index is 0.229. The number of anilines is 1. The lowest BCUT2D eigenvalue weighted by molar-refractivity contribution is 0.102. The zero-order valence-electron chi connectivity index (χ0n) is 14.8. The van der Waals surface area contributed by atoms with Crippen molar-refractivity contribution in [3.63, 3.8) is 0 Å². The van der Waals surface area contributed by atoms with E-state index >= 15 is 0 Å². The Hall–Kier alpha value is -3.78.